The average molecular weight is 326 g/mol. The van der Waals surface area contributed by atoms with Gasteiger partial charge in [0.05, 0.1) is 18.2 Å². The summed E-state index contributed by atoms with van der Waals surface area (Å²) < 4.78 is 50.6. The normalized spacial score (nSPS) is 12.9. The van der Waals surface area contributed by atoms with Gasteiger partial charge in [-0.05, 0) is 31.5 Å². The molecule has 1 aromatic carbocycles. The third-order valence-corrected chi connectivity index (χ3v) is 2.89. The lowest BCUT2D eigenvalue weighted by atomic mass is 10.0. The largest absolute Gasteiger partial charge is 0.489 e. The minimum Gasteiger partial charge on any atom is -0.489 e. The van der Waals surface area contributed by atoms with E-state index in [1.165, 1.54) is 6.92 Å². The van der Waals surface area contributed by atoms with Gasteiger partial charge in [0, 0.05) is 0 Å². The quantitative estimate of drug-likeness (QED) is 0.816. The Hall–Kier alpha value is -1.47. The molecular weight excluding hydrogens is 311 g/mol. The van der Waals surface area contributed by atoms with Gasteiger partial charge in [-0.25, -0.2) is 9.18 Å². The first-order chi connectivity index (χ1) is 9.75. The summed E-state index contributed by atoms with van der Waals surface area (Å²) in [6.07, 6.45) is 0. The van der Waals surface area contributed by atoms with Crippen LogP contribution >= 0.6 is 11.6 Å². The number of nitrogens with two attached hydrogens (primary N) is 1. The first kappa shape index (κ1) is 17.6. The molecule has 1 rings (SSSR count). The predicted molar refractivity (Wildman–Crippen MR) is 71.1 cm³/mol. The Morgan fingerprint density at radius 2 is 2.00 bits per heavy atom. The summed E-state index contributed by atoms with van der Waals surface area (Å²) in [4.78, 5) is 11.2. The lowest BCUT2D eigenvalue weighted by Crippen LogP contribution is -2.41. The molecule has 21 heavy (non-hydrogen) atoms. The molecule has 0 aromatic heterocycles. The van der Waals surface area contributed by atoms with Gasteiger partial charge in [0.25, 0.3) is 0 Å². The Morgan fingerprint density at radius 1 is 1.38 bits per heavy atom. The Morgan fingerprint density at radius 3 is 2.48 bits per heavy atom. The van der Waals surface area contributed by atoms with E-state index in [1.807, 2.05) is 0 Å². The van der Waals surface area contributed by atoms with Crippen molar-refractivity contribution in [2.45, 2.75) is 25.8 Å². The second kappa shape index (κ2) is 7.00. The van der Waals surface area contributed by atoms with Crippen LogP contribution in [0.5, 0.6) is 5.75 Å². The number of esters is 1. The van der Waals surface area contributed by atoms with Crippen LogP contribution < -0.4 is 10.5 Å². The minimum absolute atomic E-state index is 0.154. The molecule has 0 radical (unpaired) electrons. The number of hydrogen-bond acceptors (Lipinski definition) is 4. The van der Waals surface area contributed by atoms with Crippen molar-refractivity contribution in [3.05, 3.63) is 28.5 Å². The molecule has 0 unspecified atom stereocenters. The van der Waals surface area contributed by atoms with Crippen LogP contribution in [0.1, 0.15) is 25.5 Å². The van der Waals surface area contributed by atoms with Gasteiger partial charge >= 0.3 is 11.9 Å². The maximum atomic E-state index is 13.8. The van der Waals surface area contributed by atoms with Crippen molar-refractivity contribution in [1.82, 2.24) is 0 Å². The zero-order valence-electron chi connectivity index (χ0n) is 11.5. The zero-order chi connectivity index (χ0) is 16.2. The predicted octanol–water partition coefficient (Wildman–Crippen LogP) is 3.08. The number of hydrogen-bond donors (Lipinski definition) is 1. The van der Waals surface area contributed by atoms with Crippen LogP contribution in [0.4, 0.5) is 13.2 Å². The van der Waals surface area contributed by atoms with Crippen molar-refractivity contribution < 1.29 is 27.4 Å². The summed E-state index contributed by atoms with van der Waals surface area (Å²) in [6.45, 7) is 2.93. The Bertz CT molecular complexity index is 502. The van der Waals surface area contributed by atoms with E-state index in [9.17, 15) is 18.0 Å². The van der Waals surface area contributed by atoms with E-state index in [-0.39, 0.29) is 29.5 Å². The lowest BCUT2D eigenvalue weighted by Gasteiger charge is -2.22. The first-order valence-electron chi connectivity index (χ1n) is 6.18. The van der Waals surface area contributed by atoms with Crippen LogP contribution in [0.3, 0.4) is 0 Å². The van der Waals surface area contributed by atoms with Crippen molar-refractivity contribution in [3.8, 4) is 5.75 Å². The molecule has 0 spiro atoms. The smallest absolute Gasteiger partial charge is 0.379 e. The summed E-state index contributed by atoms with van der Waals surface area (Å²) in [6, 6.07) is -0.290. The van der Waals surface area contributed by atoms with Gasteiger partial charge in [-0.15, -0.1) is 0 Å². The van der Waals surface area contributed by atoms with Crippen LogP contribution in [0.25, 0.3) is 0 Å². The molecule has 1 aromatic rings. The monoisotopic (exact) mass is 325 g/mol. The fourth-order valence-electron chi connectivity index (χ4n) is 1.60. The summed E-state index contributed by atoms with van der Waals surface area (Å²) in [5.41, 5.74) is 5.01. The molecular formula is C13H15ClF3NO3. The maximum absolute atomic E-state index is 13.8. The number of ether oxygens (including phenoxy) is 2. The molecule has 0 fully saturated rings. The highest BCUT2D eigenvalue weighted by Gasteiger charge is 2.48. The molecule has 0 aliphatic rings. The molecule has 0 saturated heterocycles. The van der Waals surface area contributed by atoms with E-state index in [4.69, 9.17) is 22.1 Å². The summed E-state index contributed by atoms with van der Waals surface area (Å²) >= 11 is 5.77. The highest BCUT2D eigenvalue weighted by molar-refractivity contribution is 6.32. The Labute approximate surface area is 125 Å². The number of alkyl halides is 2. The number of rotatable bonds is 6. The van der Waals surface area contributed by atoms with Gasteiger partial charge in [-0.2, -0.15) is 8.78 Å². The highest BCUT2D eigenvalue weighted by Crippen LogP contribution is 2.36. The van der Waals surface area contributed by atoms with Crippen molar-refractivity contribution in [2.24, 2.45) is 5.73 Å². The molecule has 0 saturated carbocycles. The molecule has 118 valence electrons. The van der Waals surface area contributed by atoms with Gasteiger partial charge in [-0.1, -0.05) is 11.6 Å². The molecule has 8 heteroatoms. The molecule has 2 N–H and O–H groups in total. The molecule has 0 aliphatic heterocycles. The summed E-state index contributed by atoms with van der Waals surface area (Å²) in [5.74, 6) is -6.97. The summed E-state index contributed by atoms with van der Waals surface area (Å²) in [7, 11) is 0. The van der Waals surface area contributed by atoms with E-state index >= 15 is 0 Å². The van der Waals surface area contributed by atoms with Crippen molar-refractivity contribution >= 4 is 17.6 Å². The van der Waals surface area contributed by atoms with E-state index in [0.717, 1.165) is 12.1 Å². The zero-order valence-corrected chi connectivity index (χ0v) is 12.2. The minimum atomic E-state index is -4.00. The van der Waals surface area contributed by atoms with Crippen molar-refractivity contribution in [3.63, 3.8) is 0 Å². The third kappa shape index (κ3) is 3.79. The van der Waals surface area contributed by atoms with E-state index in [1.54, 1.807) is 6.92 Å². The number of carbonyl (C=O) groups is 1. The van der Waals surface area contributed by atoms with Crippen LogP contribution in [0, 0.1) is 5.82 Å². The van der Waals surface area contributed by atoms with Gasteiger partial charge in [0.2, 0.25) is 0 Å². The van der Waals surface area contributed by atoms with Gasteiger partial charge in [-0.3, -0.25) is 0 Å². The van der Waals surface area contributed by atoms with Crippen LogP contribution in [-0.4, -0.2) is 25.1 Å². The van der Waals surface area contributed by atoms with E-state index < -0.39 is 23.8 Å². The fourth-order valence-corrected chi connectivity index (χ4v) is 1.88. The maximum Gasteiger partial charge on any atom is 0.379 e. The number of benzene rings is 1. The molecule has 4 nitrogen and oxygen atoms in total. The van der Waals surface area contributed by atoms with E-state index in [0.29, 0.717) is 0 Å². The average Bonchev–Trinajstić information content (AvgIpc) is 2.42. The SMILES string of the molecule is CCOC(=O)C(F)(F)[C@H](N)c1cc(F)c(OCC)c(Cl)c1. The topological polar surface area (TPSA) is 61.5 Å². The fraction of sp³-hybridized carbons (Fsp3) is 0.462. The van der Waals surface area contributed by atoms with Crippen LogP contribution in [0.2, 0.25) is 5.02 Å². The molecule has 0 heterocycles. The first-order valence-corrected chi connectivity index (χ1v) is 6.55. The Balaban J connectivity index is 3.13. The standard InChI is InChI=1S/C13H15ClF3NO3/c1-3-20-10-8(14)5-7(6-9(10)15)11(18)13(16,17)12(19)21-4-2/h5-6,11H,3-4,18H2,1-2H3/t11-/m1/s1. The van der Waals surface area contributed by atoms with Crippen LogP contribution in [-0.2, 0) is 9.53 Å². The number of halogens is 4. The van der Waals surface area contributed by atoms with Gasteiger partial charge in [0.1, 0.15) is 6.04 Å². The molecule has 0 bridgehead atoms. The van der Waals surface area contributed by atoms with Gasteiger partial charge in [0.15, 0.2) is 11.6 Å². The second-order valence-corrected chi connectivity index (χ2v) is 4.47. The second-order valence-electron chi connectivity index (χ2n) is 4.07. The molecule has 1 atom stereocenters. The third-order valence-electron chi connectivity index (χ3n) is 2.61. The Kier molecular flexibility index (Phi) is 5.86. The van der Waals surface area contributed by atoms with Crippen molar-refractivity contribution in [2.75, 3.05) is 13.2 Å². The van der Waals surface area contributed by atoms with E-state index in [2.05, 4.69) is 4.74 Å². The van der Waals surface area contributed by atoms with Gasteiger partial charge < -0.3 is 15.2 Å². The highest BCUT2D eigenvalue weighted by atomic mass is 35.5. The number of carbonyl (C=O) groups excluding carboxylic acids is 1. The molecule has 0 amide bonds. The molecule has 0 aliphatic carbocycles. The summed E-state index contributed by atoms with van der Waals surface area (Å²) in [5, 5.41) is -0.207. The van der Waals surface area contributed by atoms with Crippen molar-refractivity contribution in [1.29, 1.82) is 0 Å². The lowest BCUT2D eigenvalue weighted by molar-refractivity contribution is -0.174. The van der Waals surface area contributed by atoms with Crippen LogP contribution in [0.15, 0.2) is 12.1 Å².